The van der Waals surface area contributed by atoms with Crippen molar-refractivity contribution in [3.8, 4) is 11.5 Å². The minimum absolute atomic E-state index is 0.00358. The molecule has 3 aromatic rings. The van der Waals surface area contributed by atoms with Crippen LogP contribution >= 0.6 is 0 Å². The SMILES string of the molecule is COc1ccc(/C=C(/NC(=O)c2ccccc2)C(=O)N/N=C\C=C\c2ccc(C)o2)cc1OC. The molecule has 2 amide bonds. The minimum atomic E-state index is -0.599. The van der Waals surface area contributed by atoms with E-state index in [1.165, 1.54) is 26.5 Å². The maximum absolute atomic E-state index is 12.8. The molecule has 34 heavy (non-hydrogen) atoms. The van der Waals surface area contributed by atoms with Crippen molar-refractivity contribution in [2.24, 2.45) is 5.10 Å². The highest BCUT2D eigenvalue weighted by atomic mass is 16.5. The van der Waals surface area contributed by atoms with Crippen molar-refractivity contribution >= 4 is 30.2 Å². The summed E-state index contributed by atoms with van der Waals surface area (Å²) in [7, 11) is 3.05. The number of rotatable bonds is 9. The summed E-state index contributed by atoms with van der Waals surface area (Å²) in [5.74, 6) is 1.46. The second-order valence-electron chi connectivity index (χ2n) is 7.02. The fraction of sp³-hybridized carbons (Fsp3) is 0.115. The van der Waals surface area contributed by atoms with Crippen molar-refractivity contribution in [1.82, 2.24) is 10.7 Å². The van der Waals surface area contributed by atoms with Crippen molar-refractivity contribution in [2.75, 3.05) is 14.2 Å². The van der Waals surface area contributed by atoms with E-state index in [0.717, 1.165) is 5.76 Å². The number of carbonyl (C=O) groups excluding carboxylic acids is 2. The first-order valence-corrected chi connectivity index (χ1v) is 10.4. The summed E-state index contributed by atoms with van der Waals surface area (Å²) in [5.41, 5.74) is 3.45. The molecule has 1 aromatic heterocycles. The van der Waals surface area contributed by atoms with Crippen LogP contribution in [-0.2, 0) is 4.79 Å². The van der Waals surface area contributed by atoms with Gasteiger partial charge in [-0.1, -0.05) is 24.3 Å². The van der Waals surface area contributed by atoms with Gasteiger partial charge in [0.15, 0.2) is 11.5 Å². The molecule has 2 aromatic carbocycles. The van der Waals surface area contributed by atoms with Gasteiger partial charge in [0, 0.05) is 11.8 Å². The van der Waals surface area contributed by atoms with Gasteiger partial charge in [-0.05, 0) is 67.1 Å². The van der Waals surface area contributed by atoms with Crippen LogP contribution in [0.1, 0.15) is 27.4 Å². The molecule has 0 saturated carbocycles. The number of hydrogen-bond acceptors (Lipinski definition) is 6. The summed E-state index contributed by atoms with van der Waals surface area (Å²) in [4.78, 5) is 25.5. The molecule has 0 aliphatic heterocycles. The number of ether oxygens (including phenoxy) is 2. The molecule has 0 saturated heterocycles. The van der Waals surface area contributed by atoms with Crippen LogP contribution in [0, 0.1) is 6.92 Å². The molecule has 0 spiro atoms. The highest BCUT2D eigenvalue weighted by molar-refractivity contribution is 6.05. The maximum Gasteiger partial charge on any atom is 0.287 e. The van der Waals surface area contributed by atoms with Gasteiger partial charge in [0.05, 0.1) is 14.2 Å². The fourth-order valence-electron chi connectivity index (χ4n) is 2.93. The molecule has 8 heteroatoms. The number of methoxy groups -OCH3 is 2. The average Bonchev–Trinajstić information content (AvgIpc) is 3.28. The molecule has 0 aliphatic rings. The number of hydrazone groups is 1. The van der Waals surface area contributed by atoms with E-state index in [9.17, 15) is 9.59 Å². The third-order valence-electron chi connectivity index (χ3n) is 4.60. The first kappa shape index (κ1) is 24.1. The first-order valence-electron chi connectivity index (χ1n) is 10.4. The van der Waals surface area contributed by atoms with Gasteiger partial charge < -0.3 is 19.2 Å². The third kappa shape index (κ3) is 6.70. The molecule has 0 aliphatic carbocycles. The summed E-state index contributed by atoms with van der Waals surface area (Å²) >= 11 is 0. The number of aryl methyl sites for hydroxylation is 1. The molecule has 0 atom stereocenters. The van der Waals surface area contributed by atoms with Gasteiger partial charge in [-0.3, -0.25) is 9.59 Å². The number of carbonyl (C=O) groups is 2. The lowest BCUT2D eigenvalue weighted by Gasteiger charge is -2.11. The highest BCUT2D eigenvalue weighted by Crippen LogP contribution is 2.28. The van der Waals surface area contributed by atoms with Crippen LogP contribution in [0.2, 0.25) is 0 Å². The largest absolute Gasteiger partial charge is 0.493 e. The molecule has 8 nitrogen and oxygen atoms in total. The predicted molar refractivity (Wildman–Crippen MR) is 131 cm³/mol. The molecule has 0 fully saturated rings. The predicted octanol–water partition coefficient (Wildman–Crippen LogP) is 4.19. The fourth-order valence-corrected chi connectivity index (χ4v) is 2.93. The molecular formula is C26H25N3O5. The van der Waals surface area contributed by atoms with E-state index < -0.39 is 11.8 Å². The van der Waals surface area contributed by atoms with Crippen molar-refractivity contribution in [1.29, 1.82) is 0 Å². The van der Waals surface area contributed by atoms with Crippen LogP contribution in [0.5, 0.6) is 11.5 Å². The Morgan fingerprint density at radius 2 is 1.74 bits per heavy atom. The van der Waals surface area contributed by atoms with Gasteiger partial charge in [-0.2, -0.15) is 5.10 Å². The van der Waals surface area contributed by atoms with Crippen LogP contribution in [0.4, 0.5) is 0 Å². The molecular weight excluding hydrogens is 434 g/mol. The average molecular weight is 460 g/mol. The van der Waals surface area contributed by atoms with Crippen molar-refractivity contribution < 1.29 is 23.5 Å². The zero-order valence-electron chi connectivity index (χ0n) is 19.1. The molecule has 2 N–H and O–H groups in total. The highest BCUT2D eigenvalue weighted by Gasteiger charge is 2.15. The van der Waals surface area contributed by atoms with Gasteiger partial charge >= 0.3 is 0 Å². The molecule has 174 valence electrons. The van der Waals surface area contributed by atoms with Crippen LogP contribution in [0.25, 0.3) is 12.2 Å². The van der Waals surface area contributed by atoms with E-state index in [1.807, 2.05) is 19.1 Å². The molecule has 0 unspecified atom stereocenters. The number of hydrogen-bond donors (Lipinski definition) is 2. The second-order valence-corrected chi connectivity index (χ2v) is 7.02. The lowest BCUT2D eigenvalue weighted by molar-refractivity contribution is -0.117. The summed E-state index contributed by atoms with van der Waals surface area (Å²) in [6, 6.07) is 17.4. The van der Waals surface area contributed by atoms with Crippen molar-refractivity contribution in [3.05, 3.63) is 95.1 Å². The smallest absolute Gasteiger partial charge is 0.287 e. The number of nitrogens with zero attached hydrogens (tertiary/aromatic N) is 1. The Hall–Kier alpha value is -4.59. The normalized spacial score (nSPS) is 11.6. The second kappa shape index (κ2) is 11.9. The minimum Gasteiger partial charge on any atom is -0.493 e. The summed E-state index contributed by atoms with van der Waals surface area (Å²) in [6.07, 6.45) is 6.26. The van der Waals surface area contributed by atoms with Crippen LogP contribution in [0.15, 0.2) is 82.0 Å². The number of nitrogens with one attached hydrogen (secondary N) is 2. The lowest BCUT2D eigenvalue weighted by atomic mass is 10.1. The molecule has 3 rings (SSSR count). The van der Waals surface area contributed by atoms with Crippen LogP contribution in [0.3, 0.4) is 0 Å². The van der Waals surface area contributed by atoms with Gasteiger partial charge in [-0.25, -0.2) is 5.43 Å². The van der Waals surface area contributed by atoms with Gasteiger partial charge in [0.1, 0.15) is 17.2 Å². The summed E-state index contributed by atoms with van der Waals surface area (Å²) in [5, 5.41) is 6.56. The van der Waals surface area contributed by atoms with Crippen molar-refractivity contribution in [3.63, 3.8) is 0 Å². The van der Waals surface area contributed by atoms with E-state index in [4.69, 9.17) is 13.9 Å². The third-order valence-corrected chi connectivity index (χ3v) is 4.60. The molecule has 0 radical (unpaired) electrons. The van der Waals surface area contributed by atoms with Crippen LogP contribution < -0.4 is 20.2 Å². The Labute approximate surface area is 197 Å². The van der Waals surface area contributed by atoms with E-state index in [2.05, 4.69) is 15.8 Å². The Balaban J connectivity index is 1.79. The van der Waals surface area contributed by atoms with E-state index >= 15 is 0 Å². The zero-order chi connectivity index (χ0) is 24.3. The number of furan rings is 1. The monoisotopic (exact) mass is 459 g/mol. The number of amides is 2. The quantitative estimate of drug-likeness (QED) is 0.284. The van der Waals surface area contributed by atoms with Gasteiger partial charge in [0.25, 0.3) is 11.8 Å². The van der Waals surface area contributed by atoms with E-state index in [0.29, 0.717) is 28.4 Å². The Bertz CT molecular complexity index is 1230. The van der Waals surface area contributed by atoms with E-state index in [-0.39, 0.29) is 5.70 Å². The van der Waals surface area contributed by atoms with Gasteiger partial charge in [0.2, 0.25) is 0 Å². The van der Waals surface area contributed by atoms with Crippen LogP contribution in [-0.4, -0.2) is 32.2 Å². The topological polar surface area (TPSA) is 102 Å². The van der Waals surface area contributed by atoms with Crippen molar-refractivity contribution in [2.45, 2.75) is 6.92 Å². The molecule has 0 bridgehead atoms. The summed E-state index contributed by atoms with van der Waals surface area (Å²) < 4.78 is 16.0. The maximum atomic E-state index is 12.8. The summed E-state index contributed by atoms with van der Waals surface area (Å²) in [6.45, 7) is 1.85. The zero-order valence-corrected chi connectivity index (χ0v) is 19.1. The molecule has 1 heterocycles. The number of allylic oxidation sites excluding steroid dienone is 1. The first-order chi connectivity index (χ1) is 16.5. The van der Waals surface area contributed by atoms with Gasteiger partial charge in [-0.15, -0.1) is 0 Å². The number of benzene rings is 2. The standard InChI is InChI=1S/C26H25N3O5/c1-18-11-13-21(34-18)10-7-15-27-29-26(31)22(28-25(30)20-8-5-4-6-9-20)16-19-12-14-23(32-2)24(17-19)33-3/h4-17H,1-3H3,(H,28,30)(H,29,31)/b10-7+,22-16+,27-15-. The lowest BCUT2D eigenvalue weighted by Crippen LogP contribution is -2.32. The van der Waals surface area contributed by atoms with E-state index in [1.54, 1.807) is 60.7 Å². The Morgan fingerprint density at radius 3 is 2.41 bits per heavy atom. The Kier molecular flexibility index (Phi) is 8.40. The Morgan fingerprint density at radius 1 is 0.971 bits per heavy atom.